The first-order chi connectivity index (χ1) is 13.8. The van der Waals surface area contributed by atoms with E-state index in [4.69, 9.17) is 11.6 Å². The summed E-state index contributed by atoms with van der Waals surface area (Å²) in [6, 6.07) is 14.7. The molecular formula is C20H17ClN4O3S. The van der Waals surface area contributed by atoms with Crippen molar-refractivity contribution in [2.45, 2.75) is 25.3 Å². The molecule has 0 aliphatic carbocycles. The van der Waals surface area contributed by atoms with Gasteiger partial charge >= 0.3 is 0 Å². The van der Waals surface area contributed by atoms with E-state index in [1.165, 1.54) is 13.8 Å². The van der Waals surface area contributed by atoms with Crippen LogP contribution < -0.4 is 10.2 Å². The highest BCUT2D eigenvalue weighted by Crippen LogP contribution is 2.55. The minimum absolute atomic E-state index is 0.188. The van der Waals surface area contributed by atoms with E-state index >= 15 is 0 Å². The summed E-state index contributed by atoms with van der Waals surface area (Å²) in [6.45, 7) is 3.01. The fourth-order valence-electron chi connectivity index (χ4n) is 3.51. The van der Waals surface area contributed by atoms with Crippen LogP contribution in [0.1, 0.15) is 25.0 Å². The molecule has 29 heavy (non-hydrogen) atoms. The number of amides is 3. The number of carbonyl (C=O) groups excluding carboxylic acids is 3. The van der Waals surface area contributed by atoms with Gasteiger partial charge in [0, 0.05) is 24.4 Å². The van der Waals surface area contributed by atoms with Crippen LogP contribution in [0, 0.1) is 0 Å². The number of benzene rings is 2. The van der Waals surface area contributed by atoms with Crippen molar-refractivity contribution in [1.29, 1.82) is 0 Å². The van der Waals surface area contributed by atoms with Gasteiger partial charge in [-0.05, 0) is 35.5 Å². The van der Waals surface area contributed by atoms with Gasteiger partial charge in [-0.1, -0.05) is 41.9 Å². The summed E-state index contributed by atoms with van der Waals surface area (Å²) in [5, 5.41) is 8.57. The van der Waals surface area contributed by atoms with Crippen LogP contribution in [0.5, 0.6) is 0 Å². The zero-order valence-corrected chi connectivity index (χ0v) is 17.3. The van der Waals surface area contributed by atoms with Crippen molar-refractivity contribution in [2.24, 2.45) is 5.10 Å². The lowest BCUT2D eigenvalue weighted by Crippen LogP contribution is -2.48. The van der Waals surface area contributed by atoms with Crippen molar-refractivity contribution < 1.29 is 14.4 Å². The quantitative estimate of drug-likeness (QED) is 0.797. The molecule has 0 radical (unpaired) electrons. The second-order valence-electron chi connectivity index (χ2n) is 6.70. The number of nitrogens with one attached hydrogen (secondary N) is 1. The summed E-state index contributed by atoms with van der Waals surface area (Å²) in [4.78, 5) is 37.9. The smallest absolute Gasteiger partial charge is 0.271 e. The molecule has 1 N–H and O–H groups in total. The third-order valence-corrected chi connectivity index (χ3v) is 6.12. The third kappa shape index (κ3) is 3.18. The van der Waals surface area contributed by atoms with Crippen molar-refractivity contribution in [1.82, 2.24) is 10.3 Å². The van der Waals surface area contributed by atoms with Crippen LogP contribution in [-0.4, -0.2) is 27.9 Å². The highest BCUT2D eigenvalue weighted by atomic mass is 35.5. The molecule has 0 aromatic heterocycles. The molecule has 2 aromatic carbocycles. The van der Waals surface area contributed by atoms with Crippen LogP contribution >= 0.6 is 23.4 Å². The van der Waals surface area contributed by atoms with Crippen LogP contribution in [0.2, 0.25) is 5.02 Å². The highest BCUT2D eigenvalue weighted by molar-refractivity contribution is 8.15. The number of hydrazone groups is 1. The highest BCUT2D eigenvalue weighted by Gasteiger charge is 2.61. The number of carbonyl (C=O) groups is 3. The summed E-state index contributed by atoms with van der Waals surface area (Å²) in [5.74, 6) is -1.07. The Bertz CT molecular complexity index is 1060. The Morgan fingerprint density at radius 1 is 1.17 bits per heavy atom. The minimum Gasteiger partial charge on any atom is -0.304 e. The van der Waals surface area contributed by atoms with Gasteiger partial charge in [0.15, 0.2) is 5.17 Å². The average molecular weight is 429 g/mol. The van der Waals surface area contributed by atoms with Crippen LogP contribution in [0.4, 0.5) is 5.69 Å². The first kappa shape index (κ1) is 19.5. The van der Waals surface area contributed by atoms with Crippen LogP contribution in [0.15, 0.2) is 53.6 Å². The molecule has 1 spiro atoms. The Hall–Kier alpha value is -2.84. The summed E-state index contributed by atoms with van der Waals surface area (Å²) in [6.07, 6.45) is 0. The first-order valence-electron chi connectivity index (χ1n) is 8.85. The molecule has 9 heteroatoms. The van der Waals surface area contributed by atoms with Gasteiger partial charge in [-0.15, -0.1) is 5.10 Å². The van der Waals surface area contributed by atoms with Gasteiger partial charge in [-0.3, -0.25) is 14.4 Å². The van der Waals surface area contributed by atoms with Crippen molar-refractivity contribution >= 4 is 51.9 Å². The molecule has 0 saturated heterocycles. The van der Waals surface area contributed by atoms with Crippen molar-refractivity contribution in [3.63, 3.8) is 0 Å². The monoisotopic (exact) mass is 428 g/mol. The Morgan fingerprint density at radius 3 is 2.55 bits per heavy atom. The summed E-state index contributed by atoms with van der Waals surface area (Å²) in [5.41, 5.74) is 2.16. The largest absolute Gasteiger partial charge is 0.304 e. The lowest BCUT2D eigenvalue weighted by atomic mass is 10.1. The number of nitrogens with zero attached hydrogens (tertiary/aromatic N) is 3. The van der Waals surface area contributed by atoms with Gasteiger partial charge in [0.1, 0.15) is 0 Å². The number of thioether (sulfide) groups is 1. The van der Waals surface area contributed by atoms with E-state index in [0.29, 0.717) is 22.8 Å². The average Bonchev–Trinajstić information content (AvgIpc) is 3.15. The molecule has 2 heterocycles. The lowest BCUT2D eigenvalue weighted by molar-refractivity contribution is -0.139. The standard InChI is InChI=1S/C20H17ClN4O3S/c1-12(26)22-19-23-25(13(2)27)20(29-19)16-10-15(21)8-9-17(16)24(18(20)28)11-14-6-4-3-5-7-14/h3-10H,11H2,1-2H3,(H,22,23,26)/t20-/m0/s1. The molecule has 3 amide bonds. The van der Waals surface area contributed by atoms with Gasteiger partial charge in [0.2, 0.25) is 16.7 Å². The maximum Gasteiger partial charge on any atom is 0.271 e. The number of hydrogen-bond acceptors (Lipinski definition) is 5. The molecule has 148 valence electrons. The Balaban J connectivity index is 1.83. The minimum atomic E-state index is -1.45. The second-order valence-corrected chi connectivity index (χ2v) is 8.32. The number of anilines is 1. The summed E-state index contributed by atoms with van der Waals surface area (Å²) < 4.78 is 0. The van der Waals surface area contributed by atoms with E-state index in [1.807, 2.05) is 30.3 Å². The molecule has 0 bridgehead atoms. The van der Waals surface area contributed by atoms with Crippen molar-refractivity contribution in [3.8, 4) is 0 Å². The zero-order valence-electron chi connectivity index (χ0n) is 15.7. The van der Waals surface area contributed by atoms with Gasteiger partial charge in [0.25, 0.3) is 5.91 Å². The zero-order chi connectivity index (χ0) is 20.8. The fourth-order valence-corrected chi connectivity index (χ4v) is 5.00. The van der Waals surface area contributed by atoms with E-state index < -0.39 is 10.8 Å². The van der Waals surface area contributed by atoms with E-state index in [9.17, 15) is 14.4 Å². The van der Waals surface area contributed by atoms with Gasteiger partial charge < -0.3 is 10.2 Å². The second kappa shape index (κ2) is 7.20. The Kier molecular flexibility index (Phi) is 4.84. The van der Waals surface area contributed by atoms with E-state index in [2.05, 4.69) is 10.4 Å². The molecule has 7 nitrogen and oxygen atoms in total. The van der Waals surface area contributed by atoms with E-state index in [-0.39, 0.29) is 17.0 Å². The molecule has 0 unspecified atom stereocenters. The molecule has 4 rings (SSSR count). The number of halogens is 1. The van der Waals surface area contributed by atoms with E-state index in [1.54, 1.807) is 23.1 Å². The predicted octanol–water partition coefficient (Wildman–Crippen LogP) is 3.04. The van der Waals surface area contributed by atoms with Crippen molar-refractivity contribution in [2.75, 3.05) is 4.90 Å². The third-order valence-electron chi connectivity index (χ3n) is 4.65. The van der Waals surface area contributed by atoms with Crippen LogP contribution in [0.25, 0.3) is 0 Å². The molecule has 0 fully saturated rings. The normalized spacial score (nSPS) is 20.1. The number of fused-ring (bicyclic) bond motifs is 2. The Morgan fingerprint density at radius 2 is 1.90 bits per heavy atom. The molecule has 2 aliphatic heterocycles. The van der Waals surface area contributed by atoms with Crippen LogP contribution in [0.3, 0.4) is 0 Å². The SMILES string of the molecule is CC(=O)NC1=NN(C(C)=O)[C@@]2(S1)C(=O)N(Cc1ccccc1)c1ccc(Cl)cc12. The topological polar surface area (TPSA) is 82.1 Å². The first-order valence-corrected chi connectivity index (χ1v) is 10.0. The summed E-state index contributed by atoms with van der Waals surface area (Å²) >= 11 is 7.27. The molecular weight excluding hydrogens is 412 g/mol. The predicted molar refractivity (Wildman–Crippen MR) is 112 cm³/mol. The summed E-state index contributed by atoms with van der Waals surface area (Å²) in [7, 11) is 0. The Labute approximate surface area is 176 Å². The van der Waals surface area contributed by atoms with Crippen molar-refractivity contribution in [3.05, 3.63) is 64.7 Å². The number of amidine groups is 1. The van der Waals surface area contributed by atoms with Gasteiger partial charge in [0.05, 0.1) is 12.2 Å². The molecule has 0 saturated carbocycles. The molecule has 2 aliphatic rings. The number of hydrogen-bond donors (Lipinski definition) is 1. The van der Waals surface area contributed by atoms with Gasteiger partial charge in [-0.25, -0.2) is 0 Å². The maximum atomic E-state index is 13.7. The lowest BCUT2D eigenvalue weighted by Gasteiger charge is -2.29. The fraction of sp³-hybridized carbons (Fsp3) is 0.200. The van der Waals surface area contributed by atoms with Gasteiger partial charge in [-0.2, -0.15) is 5.01 Å². The molecule has 1 atom stereocenters. The van der Waals surface area contributed by atoms with Crippen LogP contribution in [-0.2, 0) is 25.8 Å². The molecule has 2 aromatic rings. The number of rotatable bonds is 2. The maximum absolute atomic E-state index is 13.7. The van der Waals surface area contributed by atoms with E-state index in [0.717, 1.165) is 22.3 Å².